The molecule has 120 valence electrons. The molecule has 1 unspecified atom stereocenters. The first-order chi connectivity index (χ1) is 10.8. The highest BCUT2D eigenvalue weighted by molar-refractivity contribution is 5.37. The lowest BCUT2D eigenvalue weighted by Crippen LogP contribution is -2.49. The van der Waals surface area contributed by atoms with Gasteiger partial charge >= 0.3 is 0 Å². The van der Waals surface area contributed by atoms with Gasteiger partial charge in [0.15, 0.2) is 0 Å². The molecule has 2 saturated carbocycles. The molecule has 3 aliphatic rings. The molecule has 0 spiro atoms. The Hall–Kier alpha value is -1.06. The van der Waals surface area contributed by atoms with Gasteiger partial charge in [-0.2, -0.15) is 0 Å². The largest absolute Gasteiger partial charge is 0.496 e. The van der Waals surface area contributed by atoms with Crippen molar-refractivity contribution in [1.82, 2.24) is 4.90 Å². The van der Waals surface area contributed by atoms with E-state index in [0.717, 1.165) is 43.1 Å². The fourth-order valence-corrected chi connectivity index (χ4v) is 5.25. The number of rotatable bonds is 3. The third-order valence-electron chi connectivity index (χ3n) is 6.32. The summed E-state index contributed by atoms with van der Waals surface area (Å²) in [7, 11) is 1.72. The Kier molecular flexibility index (Phi) is 3.87. The molecule has 1 aromatic carbocycles. The number of ether oxygens (including phenoxy) is 1. The second-order valence-electron chi connectivity index (χ2n) is 7.44. The normalized spacial score (nSPS) is 38.4. The van der Waals surface area contributed by atoms with Crippen molar-refractivity contribution in [2.45, 2.75) is 50.2 Å². The van der Waals surface area contributed by atoms with Crippen LogP contribution in [0.2, 0.25) is 0 Å². The minimum absolute atomic E-state index is 0.214. The minimum atomic E-state index is -0.274. The number of hydrogen-bond donors (Lipinski definition) is 1. The van der Waals surface area contributed by atoms with E-state index in [1.165, 1.54) is 31.2 Å². The van der Waals surface area contributed by atoms with E-state index < -0.39 is 0 Å². The Labute approximate surface area is 133 Å². The molecule has 0 amide bonds. The third kappa shape index (κ3) is 2.44. The third-order valence-corrected chi connectivity index (χ3v) is 6.32. The SMILES string of the molecule is COc1ccccc1[C@@H]1CCN([C@@H]2C[C@H]3CCC2C3)C[C@H]1O. The Morgan fingerprint density at radius 2 is 2.00 bits per heavy atom. The first-order valence-corrected chi connectivity index (χ1v) is 8.81. The Morgan fingerprint density at radius 3 is 2.68 bits per heavy atom. The quantitative estimate of drug-likeness (QED) is 0.931. The van der Waals surface area contributed by atoms with Crippen LogP contribution in [-0.4, -0.2) is 42.4 Å². The molecule has 3 heteroatoms. The first kappa shape index (κ1) is 14.5. The van der Waals surface area contributed by atoms with Gasteiger partial charge in [0.25, 0.3) is 0 Å². The van der Waals surface area contributed by atoms with Crippen LogP contribution in [0.5, 0.6) is 5.75 Å². The van der Waals surface area contributed by atoms with Crippen LogP contribution in [-0.2, 0) is 0 Å². The van der Waals surface area contributed by atoms with Crippen molar-refractivity contribution in [3.63, 3.8) is 0 Å². The monoisotopic (exact) mass is 301 g/mol. The fourth-order valence-electron chi connectivity index (χ4n) is 5.25. The van der Waals surface area contributed by atoms with Crippen LogP contribution in [0.3, 0.4) is 0 Å². The topological polar surface area (TPSA) is 32.7 Å². The summed E-state index contributed by atoms with van der Waals surface area (Å²) in [6.07, 6.45) is 6.43. The Morgan fingerprint density at radius 1 is 1.14 bits per heavy atom. The van der Waals surface area contributed by atoms with E-state index in [2.05, 4.69) is 11.0 Å². The van der Waals surface area contributed by atoms with Gasteiger partial charge in [0, 0.05) is 18.5 Å². The number of β-amino-alcohol motifs (C(OH)–C–C–N with tert-alkyl or cyclic N) is 1. The zero-order valence-corrected chi connectivity index (χ0v) is 13.4. The van der Waals surface area contributed by atoms with E-state index in [9.17, 15) is 5.11 Å². The second kappa shape index (κ2) is 5.86. The number of nitrogens with zero attached hydrogens (tertiary/aromatic N) is 1. The van der Waals surface area contributed by atoms with E-state index in [1.807, 2.05) is 18.2 Å². The van der Waals surface area contributed by atoms with E-state index in [4.69, 9.17) is 4.74 Å². The van der Waals surface area contributed by atoms with Crippen molar-refractivity contribution < 1.29 is 9.84 Å². The molecular weight excluding hydrogens is 274 g/mol. The zero-order valence-electron chi connectivity index (χ0n) is 13.4. The Balaban J connectivity index is 1.46. The molecule has 1 aliphatic heterocycles. The van der Waals surface area contributed by atoms with Gasteiger partial charge in [-0.1, -0.05) is 24.6 Å². The maximum Gasteiger partial charge on any atom is 0.122 e. The molecule has 1 aromatic rings. The molecular formula is C19H27NO2. The number of fused-ring (bicyclic) bond motifs is 2. The number of aliphatic hydroxyl groups excluding tert-OH is 1. The highest BCUT2D eigenvalue weighted by Crippen LogP contribution is 2.47. The molecule has 0 aromatic heterocycles. The van der Waals surface area contributed by atoms with Crippen LogP contribution >= 0.6 is 0 Å². The van der Waals surface area contributed by atoms with Crippen molar-refractivity contribution in [3.05, 3.63) is 29.8 Å². The number of piperidine rings is 1. The lowest BCUT2D eigenvalue weighted by atomic mass is 9.84. The maximum atomic E-state index is 10.7. The molecule has 1 saturated heterocycles. The summed E-state index contributed by atoms with van der Waals surface area (Å²) in [6, 6.07) is 8.91. The predicted octanol–water partition coefficient (Wildman–Crippen LogP) is 3.03. The second-order valence-corrected chi connectivity index (χ2v) is 7.44. The van der Waals surface area contributed by atoms with Crippen molar-refractivity contribution in [1.29, 1.82) is 0 Å². The first-order valence-electron chi connectivity index (χ1n) is 8.81. The summed E-state index contributed by atoms with van der Waals surface area (Å²) in [4.78, 5) is 2.58. The van der Waals surface area contributed by atoms with Crippen LogP contribution in [0, 0.1) is 11.8 Å². The molecule has 3 fully saturated rings. The van der Waals surface area contributed by atoms with Gasteiger partial charge in [0.05, 0.1) is 13.2 Å². The molecule has 0 radical (unpaired) electrons. The number of para-hydroxylation sites is 1. The lowest BCUT2D eigenvalue weighted by Gasteiger charge is -2.42. The number of benzene rings is 1. The van der Waals surface area contributed by atoms with Gasteiger partial charge in [-0.15, -0.1) is 0 Å². The summed E-state index contributed by atoms with van der Waals surface area (Å²) in [6.45, 7) is 1.95. The Bertz CT molecular complexity index is 532. The standard InChI is InChI=1S/C19H27NO2/c1-22-19-5-3-2-4-16(19)15-8-9-20(12-18(15)21)17-11-13-6-7-14(17)10-13/h2-5,13-15,17-18,21H,6-12H2,1H3/t13-,14?,15-,17+,18+/m0/s1. The van der Waals surface area contributed by atoms with E-state index >= 15 is 0 Å². The van der Waals surface area contributed by atoms with Gasteiger partial charge < -0.3 is 9.84 Å². The summed E-state index contributed by atoms with van der Waals surface area (Å²) in [5.41, 5.74) is 1.17. The lowest BCUT2D eigenvalue weighted by molar-refractivity contribution is 0.0155. The molecule has 1 heterocycles. The molecule has 4 rings (SSSR count). The van der Waals surface area contributed by atoms with E-state index in [0.29, 0.717) is 0 Å². The smallest absolute Gasteiger partial charge is 0.122 e. The van der Waals surface area contributed by atoms with Crippen molar-refractivity contribution in [2.24, 2.45) is 11.8 Å². The zero-order chi connectivity index (χ0) is 15.1. The van der Waals surface area contributed by atoms with Gasteiger partial charge in [0.1, 0.15) is 5.75 Å². The van der Waals surface area contributed by atoms with Gasteiger partial charge in [0.2, 0.25) is 0 Å². The molecule has 2 aliphatic carbocycles. The summed E-state index contributed by atoms with van der Waals surface area (Å²) in [5.74, 6) is 3.00. The fraction of sp³-hybridized carbons (Fsp3) is 0.684. The van der Waals surface area contributed by atoms with Crippen molar-refractivity contribution in [2.75, 3.05) is 20.2 Å². The van der Waals surface area contributed by atoms with Crippen molar-refractivity contribution in [3.8, 4) is 5.75 Å². The highest BCUT2D eigenvalue weighted by atomic mass is 16.5. The van der Waals surface area contributed by atoms with Crippen LogP contribution in [0.1, 0.15) is 43.6 Å². The average Bonchev–Trinajstić information content (AvgIpc) is 3.18. The van der Waals surface area contributed by atoms with E-state index in [1.54, 1.807) is 7.11 Å². The van der Waals surface area contributed by atoms with Crippen LogP contribution in [0.25, 0.3) is 0 Å². The predicted molar refractivity (Wildman–Crippen MR) is 87.2 cm³/mol. The van der Waals surface area contributed by atoms with Gasteiger partial charge in [-0.3, -0.25) is 4.90 Å². The molecule has 5 atom stereocenters. The van der Waals surface area contributed by atoms with Crippen LogP contribution in [0.4, 0.5) is 0 Å². The number of hydrogen-bond acceptors (Lipinski definition) is 3. The summed E-state index contributed by atoms with van der Waals surface area (Å²) < 4.78 is 5.49. The van der Waals surface area contributed by atoms with Crippen LogP contribution in [0.15, 0.2) is 24.3 Å². The van der Waals surface area contributed by atoms with Gasteiger partial charge in [-0.05, 0) is 55.7 Å². The highest BCUT2D eigenvalue weighted by Gasteiger charge is 2.44. The molecule has 1 N–H and O–H groups in total. The minimum Gasteiger partial charge on any atom is -0.496 e. The van der Waals surface area contributed by atoms with Crippen molar-refractivity contribution >= 4 is 0 Å². The average molecular weight is 301 g/mol. The molecule has 3 nitrogen and oxygen atoms in total. The molecule has 2 bridgehead atoms. The maximum absolute atomic E-state index is 10.7. The number of aliphatic hydroxyl groups is 1. The van der Waals surface area contributed by atoms with Crippen LogP contribution < -0.4 is 4.74 Å². The van der Waals surface area contributed by atoms with Gasteiger partial charge in [-0.25, -0.2) is 0 Å². The van der Waals surface area contributed by atoms with E-state index in [-0.39, 0.29) is 12.0 Å². The summed E-state index contributed by atoms with van der Waals surface area (Å²) in [5, 5.41) is 10.7. The summed E-state index contributed by atoms with van der Waals surface area (Å²) >= 11 is 0. The number of likely N-dealkylation sites (tertiary alicyclic amines) is 1. The molecule has 22 heavy (non-hydrogen) atoms. The number of methoxy groups -OCH3 is 1.